The number of rotatable bonds is 2. The summed E-state index contributed by atoms with van der Waals surface area (Å²) in [6.45, 7) is 3.57. The summed E-state index contributed by atoms with van der Waals surface area (Å²) in [4.78, 5) is 0.704. The first kappa shape index (κ1) is 12.6. The van der Waals surface area contributed by atoms with Crippen LogP contribution >= 0.6 is 22.9 Å². The van der Waals surface area contributed by atoms with Gasteiger partial charge in [-0.2, -0.15) is 0 Å². The molecule has 17 heavy (non-hydrogen) atoms. The van der Waals surface area contributed by atoms with Crippen LogP contribution in [-0.4, -0.2) is 5.11 Å². The molecule has 1 aromatic carbocycles. The van der Waals surface area contributed by atoms with Gasteiger partial charge in [0, 0.05) is 0 Å². The van der Waals surface area contributed by atoms with Crippen molar-refractivity contribution in [2.45, 2.75) is 20.0 Å². The summed E-state index contributed by atoms with van der Waals surface area (Å²) in [5.41, 5.74) is 2.13. The van der Waals surface area contributed by atoms with Crippen LogP contribution in [0.2, 0.25) is 5.02 Å². The highest BCUT2D eigenvalue weighted by Crippen LogP contribution is 2.35. The first-order valence-corrected chi connectivity index (χ1v) is 6.44. The Kier molecular flexibility index (Phi) is 3.52. The molecule has 0 saturated heterocycles. The van der Waals surface area contributed by atoms with Gasteiger partial charge in [-0.1, -0.05) is 23.7 Å². The standard InChI is InChI=1S/C13H12ClFOS/c1-7-5-9(3-4-10(7)15)12(16)13-11(14)8(2)6-17-13/h3-6,12,16H,1-2H3. The molecule has 0 aliphatic heterocycles. The molecule has 0 radical (unpaired) electrons. The van der Waals surface area contributed by atoms with E-state index in [4.69, 9.17) is 11.6 Å². The van der Waals surface area contributed by atoms with Crippen molar-refractivity contribution in [1.82, 2.24) is 0 Å². The normalized spacial score (nSPS) is 12.8. The van der Waals surface area contributed by atoms with Crippen LogP contribution < -0.4 is 0 Å². The van der Waals surface area contributed by atoms with Gasteiger partial charge in [0.2, 0.25) is 0 Å². The number of benzene rings is 1. The number of thiophene rings is 1. The second-order valence-electron chi connectivity index (χ2n) is 4.01. The van der Waals surface area contributed by atoms with Crippen LogP contribution in [0.3, 0.4) is 0 Å². The largest absolute Gasteiger partial charge is 0.383 e. The highest BCUT2D eigenvalue weighted by Gasteiger charge is 2.17. The molecule has 1 N–H and O–H groups in total. The van der Waals surface area contributed by atoms with Gasteiger partial charge in [-0.25, -0.2) is 4.39 Å². The van der Waals surface area contributed by atoms with Crippen molar-refractivity contribution >= 4 is 22.9 Å². The van der Waals surface area contributed by atoms with Crippen molar-refractivity contribution in [3.05, 3.63) is 56.0 Å². The van der Waals surface area contributed by atoms with Crippen molar-refractivity contribution in [3.8, 4) is 0 Å². The lowest BCUT2D eigenvalue weighted by Gasteiger charge is -2.11. The highest BCUT2D eigenvalue weighted by molar-refractivity contribution is 7.10. The lowest BCUT2D eigenvalue weighted by atomic mass is 10.0. The lowest BCUT2D eigenvalue weighted by molar-refractivity contribution is 0.224. The highest BCUT2D eigenvalue weighted by atomic mass is 35.5. The summed E-state index contributed by atoms with van der Waals surface area (Å²) in [5.74, 6) is -0.269. The van der Waals surface area contributed by atoms with Crippen LogP contribution in [0.4, 0.5) is 4.39 Å². The van der Waals surface area contributed by atoms with Gasteiger partial charge in [0.1, 0.15) is 11.9 Å². The van der Waals surface area contributed by atoms with Crippen LogP contribution in [0.5, 0.6) is 0 Å². The summed E-state index contributed by atoms with van der Waals surface area (Å²) in [7, 11) is 0. The van der Waals surface area contributed by atoms with Gasteiger partial charge < -0.3 is 5.11 Å². The van der Waals surface area contributed by atoms with Gasteiger partial charge in [0.05, 0.1) is 9.90 Å². The maximum atomic E-state index is 13.1. The van der Waals surface area contributed by atoms with E-state index in [2.05, 4.69) is 0 Å². The molecule has 1 unspecified atom stereocenters. The van der Waals surface area contributed by atoms with E-state index in [1.54, 1.807) is 19.1 Å². The quantitative estimate of drug-likeness (QED) is 0.865. The Bertz CT molecular complexity index is 550. The van der Waals surface area contributed by atoms with Crippen molar-refractivity contribution in [2.24, 2.45) is 0 Å². The Labute approximate surface area is 108 Å². The molecule has 0 aliphatic rings. The van der Waals surface area contributed by atoms with E-state index in [1.807, 2.05) is 12.3 Å². The first-order valence-electron chi connectivity index (χ1n) is 5.18. The molecule has 0 amide bonds. The van der Waals surface area contributed by atoms with Crippen LogP contribution in [0.25, 0.3) is 0 Å². The molecule has 1 heterocycles. The molecular formula is C13H12ClFOS. The lowest BCUT2D eigenvalue weighted by Crippen LogP contribution is -1.99. The molecule has 0 bridgehead atoms. The zero-order valence-corrected chi connectivity index (χ0v) is 11.1. The van der Waals surface area contributed by atoms with Crippen molar-refractivity contribution in [2.75, 3.05) is 0 Å². The van der Waals surface area contributed by atoms with E-state index in [1.165, 1.54) is 17.4 Å². The molecule has 1 atom stereocenters. The molecule has 90 valence electrons. The predicted octanol–water partition coefficient (Wildman–Crippen LogP) is 4.24. The molecular weight excluding hydrogens is 259 g/mol. The Morgan fingerprint density at radius 1 is 1.29 bits per heavy atom. The predicted molar refractivity (Wildman–Crippen MR) is 69.3 cm³/mol. The van der Waals surface area contributed by atoms with E-state index in [0.717, 1.165) is 5.56 Å². The van der Waals surface area contributed by atoms with E-state index in [0.29, 0.717) is 21.0 Å². The van der Waals surface area contributed by atoms with Gasteiger partial charge >= 0.3 is 0 Å². The fraction of sp³-hybridized carbons (Fsp3) is 0.231. The molecule has 1 aromatic heterocycles. The van der Waals surface area contributed by atoms with Crippen LogP contribution in [0.15, 0.2) is 23.6 Å². The van der Waals surface area contributed by atoms with E-state index in [-0.39, 0.29) is 5.82 Å². The molecule has 4 heteroatoms. The fourth-order valence-electron chi connectivity index (χ4n) is 1.62. The Hall–Kier alpha value is -0.900. The third kappa shape index (κ3) is 2.37. The number of hydrogen-bond donors (Lipinski definition) is 1. The molecule has 1 nitrogen and oxygen atoms in total. The summed E-state index contributed by atoms with van der Waals surface area (Å²) >= 11 is 7.51. The zero-order valence-electron chi connectivity index (χ0n) is 9.50. The van der Waals surface area contributed by atoms with E-state index >= 15 is 0 Å². The topological polar surface area (TPSA) is 20.2 Å². The second kappa shape index (κ2) is 4.77. The fourth-order valence-corrected chi connectivity index (χ4v) is 2.93. The Balaban J connectivity index is 2.40. The monoisotopic (exact) mass is 270 g/mol. The van der Waals surface area contributed by atoms with Crippen molar-refractivity contribution in [1.29, 1.82) is 0 Å². The Morgan fingerprint density at radius 2 is 2.00 bits per heavy atom. The van der Waals surface area contributed by atoms with Gasteiger partial charge in [-0.15, -0.1) is 11.3 Å². The van der Waals surface area contributed by atoms with Gasteiger partial charge in [0.15, 0.2) is 0 Å². The van der Waals surface area contributed by atoms with Gasteiger partial charge in [-0.3, -0.25) is 0 Å². The second-order valence-corrected chi connectivity index (χ2v) is 5.30. The minimum absolute atomic E-state index is 0.269. The number of aliphatic hydroxyl groups is 1. The van der Waals surface area contributed by atoms with Crippen LogP contribution in [0, 0.1) is 19.7 Å². The maximum absolute atomic E-state index is 13.1. The molecule has 0 saturated carbocycles. The van der Waals surface area contributed by atoms with Crippen LogP contribution in [0.1, 0.15) is 27.7 Å². The third-order valence-corrected chi connectivity index (χ3v) is 4.44. The molecule has 2 rings (SSSR count). The summed E-state index contributed by atoms with van der Waals surface area (Å²) in [6, 6.07) is 4.59. The molecule has 0 fully saturated rings. The SMILES string of the molecule is Cc1cc(C(O)c2scc(C)c2Cl)ccc1F. The smallest absolute Gasteiger partial charge is 0.126 e. The van der Waals surface area contributed by atoms with E-state index in [9.17, 15) is 9.50 Å². The molecule has 0 aliphatic carbocycles. The molecule has 2 aromatic rings. The third-order valence-electron chi connectivity index (χ3n) is 2.67. The maximum Gasteiger partial charge on any atom is 0.126 e. The van der Waals surface area contributed by atoms with Gasteiger partial charge in [0.25, 0.3) is 0 Å². The van der Waals surface area contributed by atoms with Crippen LogP contribution in [-0.2, 0) is 0 Å². The average Bonchev–Trinajstić information content (AvgIpc) is 2.63. The van der Waals surface area contributed by atoms with E-state index < -0.39 is 6.10 Å². The number of hydrogen-bond acceptors (Lipinski definition) is 2. The molecule has 0 spiro atoms. The van der Waals surface area contributed by atoms with Crippen molar-refractivity contribution < 1.29 is 9.50 Å². The van der Waals surface area contributed by atoms with Gasteiger partial charge in [-0.05, 0) is 42.0 Å². The first-order chi connectivity index (χ1) is 8.00. The number of halogens is 2. The summed E-state index contributed by atoms with van der Waals surface area (Å²) in [6.07, 6.45) is -0.791. The minimum atomic E-state index is -0.791. The summed E-state index contributed by atoms with van der Waals surface area (Å²) < 4.78 is 13.1. The average molecular weight is 271 g/mol. The number of aliphatic hydroxyl groups excluding tert-OH is 1. The summed E-state index contributed by atoms with van der Waals surface area (Å²) in [5, 5.41) is 12.7. The minimum Gasteiger partial charge on any atom is -0.383 e. The number of aryl methyl sites for hydroxylation is 2. The Morgan fingerprint density at radius 3 is 2.53 bits per heavy atom. The zero-order chi connectivity index (χ0) is 12.6. The van der Waals surface area contributed by atoms with Crippen molar-refractivity contribution in [3.63, 3.8) is 0 Å².